The monoisotopic (exact) mass is 625 g/mol. The summed E-state index contributed by atoms with van der Waals surface area (Å²) in [5.41, 5.74) is 3.79. The molecule has 0 unspecified atom stereocenters. The molecule has 0 saturated carbocycles. The fourth-order valence-corrected chi connectivity index (χ4v) is 5.67. The molecule has 2 N–H and O–H groups in total. The molecule has 44 heavy (non-hydrogen) atoms. The molecule has 11 nitrogen and oxygen atoms in total. The van der Waals surface area contributed by atoms with Crippen molar-refractivity contribution >= 4 is 31.0 Å². The Morgan fingerprint density at radius 2 is 1.95 bits per heavy atom. The molecule has 12 heteroatoms. The number of likely N-dealkylation sites (tertiary alicyclic amines) is 1. The first-order valence-electron chi connectivity index (χ1n) is 14.9. The number of ether oxygens (including phenoxy) is 2. The summed E-state index contributed by atoms with van der Waals surface area (Å²) in [6, 6.07) is 9.68. The number of fused-ring (bicyclic) bond motifs is 1. The largest absolute Gasteiger partial charge is 0.486 e. The van der Waals surface area contributed by atoms with Gasteiger partial charge in [-0.15, -0.1) is 0 Å². The predicted molar refractivity (Wildman–Crippen MR) is 171 cm³/mol. The Bertz CT molecular complexity index is 1420. The van der Waals surface area contributed by atoms with Crippen molar-refractivity contribution in [1.29, 1.82) is 0 Å². The number of benzene rings is 1. The van der Waals surface area contributed by atoms with Crippen LogP contribution in [0.15, 0.2) is 41.1 Å². The number of aryl methyl sites for hydroxylation is 1. The zero-order valence-corrected chi connectivity index (χ0v) is 26.7. The fraction of sp³-hybridized carbons (Fsp3) is 0.500. The Kier molecular flexibility index (Phi) is 11.7. The number of anilines is 1. The van der Waals surface area contributed by atoms with E-state index in [1.165, 1.54) is 24.6 Å². The van der Waals surface area contributed by atoms with Crippen LogP contribution in [0.1, 0.15) is 65.5 Å². The van der Waals surface area contributed by atoms with Gasteiger partial charge in [0.2, 0.25) is 11.8 Å². The summed E-state index contributed by atoms with van der Waals surface area (Å²) in [4.78, 5) is 37.4. The molecule has 3 aromatic rings. The molecule has 4 heterocycles. The molecule has 0 radical (unpaired) electrons. The minimum Gasteiger partial charge on any atom is -0.486 e. The van der Waals surface area contributed by atoms with Gasteiger partial charge >= 0.3 is 0 Å². The number of β-amino-alcohol motifs (C(OH)–C–C–N with tert-alkyl or cyclic N) is 1. The number of carbonyl (C=O) groups is 2. The third-order valence-electron chi connectivity index (χ3n) is 8.28. The van der Waals surface area contributed by atoms with Gasteiger partial charge in [-0.25, -0.2) is 4.98 Å². The number of hydrogen-bond donors (Lipinski definition) is 2. The normalized spacial score (nSPS) is 16.0. The number of piperidine rings is 1. The number of pyridine rings is 1. The summed E-state index contributed by atoms with van der Waals surface area (Å²) in [5.74, 6) is 2.49. The molecule has 0 bridgehead atoms. The molecular formula is C32H43N5O6S. The van der Waals surface area contributed by atoms with Crippen LogP contribution in [0.3, 0.4) is 0 Å². The van der Waals surface area contributed by atoms with Crippen LogP contribution in [0.5, 0.6) is 11.6 Å². The Morgan fingerprint density at radius 3 is 2.66 bits per heavy atom. The highest BCUT2D eigenvalue weighted by Gasteiger charge is 2.23. The Labute approximate surface area is 265 Å². The number of oxazole rings is 1. The maximum absolute atomic E-state index is 13.1. The maximum atomic E-state index is 13.1. The highest BCUT2D eigenvalue weighted by Crippen LogP contribution is 2.26. The van der Waals surface area contributed by atoms with Gasteiger partial charge in [0.05, 0.1) is 18.9 Å². The van der Waals surface area contributed by atoms with Crippen molar-refractivity contribution < 1.29 is 28.6 Å². The van der Waals surface area contributed by atoms with Crippen LogP contribution in [-0.4, -0.2) is 82.0 Å². The number of Topliss-reactive ketones (excluding diaryl/α,β-unsaturated/α-hetero) is 1. The van der Waals surface area contributed by atoms with Gasteiger partial charge in [0.1, 0.15) is 18.2 Å². The summed E-state index contributed by atoms with van der Waals surface area (Å²) >= 11 is 0. The van der Waals surface area contributed by atoms with Crippen molar-refractivity contribution in [2.24, 2.45) is 0 Å². The lowest BCUT2D eigenvalue weighted by Crippen LogP contribution is -2.41. The molecule has 1 amide bonds. The third-order valence-corrected chi connectivity index (χ3v) is 8.28. The maximum Gasteiger partial charge on any atom is 0.219 e. The second-order valence-corrected chi connectivity index (χ2v) is 11.4. The van der Waals surface area contributed by atoms with E-state index < -0.39 is 6.10 Å². The number of aromatic nitrogens is 2. The highest BCUT2D eigenvalue weighted by atomic mass is 32.1. The molecule has 2 aromatic heterocycles. The van der Waals surface area contributed by atoms with E-state index in [1.807, 2.05) is 17.9 Å². The van der Waals surface area contributed by atoms with E-state index >= 15 is 0 Å². The molecule has 1 fully saturated rings. The molecule has 1 atom stereocenters. The van der Waals surface area contributed by atoms with Gasteiger partial charge in [0, 0.05) is 63.7 Å². The average molecular weight is 626 g/mol. The lowest BCUT2D eigenvalue weighted by molar-refractivity contribution is -0.129. The van der Waals surface area contributed by atoms with Gasteiger partial charge in [0.25, 0.3) is 0 Å². The second kappa shape index (κ2) is 15.4. The standard InChI is InChI=1S/C32H41N5O6.H2S/c1-21-30(43-20-33-21)19-42-28-6-4-24-17-36(11-8-23(24)14-28)18-27(39)5-7-29(40)25-15-31(35-32(16-25)41-3)34-26-9-12-37(13-10-26)22(2)38;/h4,6,14-16,20,26-27,39H,5,7-13,17-19H2,1-3H3,(H,34,35);1H2/t27-;/m0./s1. The zero-order valence-electron chi connectivity index (χ0n) is 25.7. The van der Waals surface area contributed by atoms with Crippen LogP contribution < -0.4 is 14.8 Å². The summed E-state index contributed by atoms with van der Waals surface area (Å²) in [7, 11) is 1.53. The minimum atomic E-state index is -0.619. The highest BCUT2D eigenvalue weighted by molar-refractivity contribution is 7.59. The number of hydrogen-bond acceptors (Lipinski definition) is 10. The summed E-state index contributed by atoms with van der Waals surface area (Å²) in [6.07, 6.45) is 3.88. The van der Waals surface area contributed by atoms with E-state index in [1.54, 1.807) is 19.1 Å². The number of methoxy groups -OCH3 is 1. The molecule has 1 aromatic carbocycles. The van der Waals surface area contributed by atoms with Gasteiger partial charge < -0.3 is 29.2 Å². The first kappa shape index (κ1) is 33.3. The summed E-state index contributed by atoms with van der Waals surface area (Å²) < 4.78 is 16.6. The first-order chi connectivity index (χ1) is 20.8. The molecule has 2 aliphatic rings. The van der Waals surface area contributed by atoms with Gasteiger partial charge in [0.15, 0.2) is 17.9 Å². The fourth-order valence-electron chi connectivity index (χ4n) is 5.67. The second-order valence-electron chi connectivity index (χ2n) is 11.4. The third kappa shape index (κ3) is 8.73. The van der Waals surface area contributed by atoms with Gasteiger partial charge in [-0.3, -0.25) is 14.5 Å². The van der Waals surface area contributed by atoms with Crippen molar-refractivity contribution in [3.8, 4) is 11.6 Å². The molecule has 0 aliphatic carbocycles. The number of nitrogens with zero attached hydrogens (tertiary/aromatic N) is 4. The number of ketones is 1. The quantitative estimate of drug-likeness (QED) is 0.286. The zero-order chi connectivity index (χ0) is 30.3. The van der Waals surface area contributed by atoms with Crippen LogP contribution in [-0.2, 0) is 24.4 Å². The minimum absolute atomic E-state index is 0. The van der Waals surface area contributed by atoms with E-state index in [0.717, 1.165) is 49.6 Å². The number of amides is 1. The summed E-state index contributed by atoms with van der Waals surface area (Å²) in [5, 5.41) is 14.2. The van der Waals surface area contributed by atoms with Crippen LogP contribution in [0.2, 0.25) is 0 Å². The van der Waals surface area contributed by atoms with Gasteiger partial charge in [-0.05, 0) is 61.9 Å². The molecule has 2 aliphatic heterocycles. The van der Waals surface area contributed by atoms with E-state index in [-0.39, 0.29) is 37.6 Å². The number of rotatable bonds is 12. The molecule has 0 spiro atoms. The smallest absolute Gasteiger partial charge is 0.219 e. The number of aliphatic hydroxyl groups excluding tert-OH is 1. The van der Waals surface area contributed by atoms with E-state index in [4.69, 9.17) is 13.9 Å². The summed E-state index contributed by atoms with van der Waals surface area (Å²) in [6.45, 7) is 7.28. The molecule has 5 rings (SSSR count). The lowest BCUT2D eigenvalue weighted by Gasteiger charge is -2.32. The van der Waals surface area contributed by atoms with Crippen molar-refractivity contribution in [2.75, 3.05) is 38.6 Å². The van der Waals surface area contributed by atoms with Crippen LogP contribution in [0, 0.1) is 6.92 Å². The van der Waals surface area contributed by atoms with Crippen molar-refractivity contribution in [1.82, 2.24) is 19.8 Å². The van der Waals surface area contributed by atoms with Crippen LogP contribution in [0.25, 0.3) is 0 Å². The van der Waals surface area contributed by atoms with E-state index in [9.17, 15) is 14.7 Å². The molecule has 238 valence electrons. The Morgan fingerprint density at radius 1 is 1.16 bits per heavy atom. The molecular weight excluding hydrogens is 582 g/mol. The van der Waals surface area contributed by atoms with Crippen molar-refractivity contribution in [2.45, 2.75) is 71.2 Å². The number of carbonyl (C=O) groups excluding carboxylic acids is 2. The Hall–Kier alpha value is -3.61. The lowest BCUT2D eigenvalue weighted by atomic mass is 9.98. The van der Waals surface area contributed by atoms with E-state index in [2.05, 4.69) is 32.3 Å². The SMILES string of the molecule is COc1cc(C(=O)CC[C@H](O)CN2CCc3cc(OCc4ocnc4C)ccc3C2)cc(NC2CCN(C(C)=O)CC2)n1.S. The Balaban J connectivity index is 0.00000442. The van der Waals surface area contributed by atoms with Crippen molar-refractivity contribution in [3.05, 3.63) is 64.9 Å². The van der Waals surface area contributed by atoms with E-state index in [0.29, 0.717) is 49.9 Å². The van der Waals surface area contributed by atoms with Crippen LogP contribution in [0.4, 0.5) is 5.82 Å². The van der Waals surface area contributed by atoms with Crippen molar-refractivity contribution in [3.63, 3.8) is 0 Å². The first-order valence-corrected chi connectivity index (χ1v) is 14.9. The topological polar surface area (TPSA) is 130 Å². The molecule has 1 saturated heterocycles. The number of aliphatic hydroxyl groups is 1. The van der Waals surface area contributed by atoms with Gasteiger partial charge in [-0.1, -0.05) is 6.07 Å². The average Bonchev–Trinajstić information content (AvgIpc) is 3.43. The predicted octanol–water partition coefficient (Wildman–Crippen LogP) is 3.88. The number of nitrogens with one attached hydrogen (secondary N) is 1. The van der Waals surface area contributed by atoms with Gasteiger partial charge in [-0.2, -0.15) is 18.5 Å². The van der Waals surface area contributed by atoms with Crippen LogP contribution >= 0.6 is 13.5 Å².